The van der Waals surface area contributed by atoms with Gasteiger partial charge in [-0.1, -0.05) is 41.5 Å². The minimum absolute atomic E-state index is 0.0118. The minimum Gasteiger partial charge on any atom is -0.473 e. The molecule has 3 heterocycles. The Balaban J connectivity index is 1.56. The Morgan fingerprint density at radius 2 is 1.67 bits per heavy atom. The van der Waals surface area contributed by atoms with E-state index >= 15 is 0 Å². The molecular weight excluding hydrogens is 525 g/mol. The molecule has 1 aliphatic heterocycles. The fourth-order valence-corrected chi connectivity index (χ4v) is 7.52. The number of rotatable bonds is 8. The van der Waals surface area contributed by atoms with Crippen LogP contribution in [0.4, 0.5) is 0 Å². The molecular formula is C29H52N4O4Si2. The SMILES string of the molecule is Cc1nc2c(O[C@@H]3C[C@@H](CO[Si](C)(C)C(C)(C)C)[C@@H](O[Si](C)(C)C(C)(C)C)C3)ncnc2n1C1CCCCO1. The van der Waals surface area contributed by atoms with E-state index in [1.807, 2.05) is 6.92 Å². The molecule has 39 heavy (non-hydrogen) atoms. The van der Waals surface area contributed by atoms with E-state index in [2.05, 4.69) is 82.3 Å². The number of ether oxygens (including phenoxy) is 2. The summed E-state index contributed by atoms with van der Waals surface area (Å²) < 4.78 is 28.5. The van der Waals surface area contributed by atoms with E-state index in [0.717, 1.165) is 50.2 Å². The molecule has 220 valence electrons. The number of imidazole rings is 1. The summed E-state index contributed by atoms with van der Waals surface area (Å²) in [6, 6.07) is 0. The molecule has 4 rings (SSSR count). The van der Waals surface area contributed by atoms with Crippen molar-refractivity contribution in [1.29, 1.82) is 0 Å². The van der Waals surface area contributed by atoms with Crippen LogP contribution in [0.3, 0.4) is 0 Å². The average molecular weight is 577 g/mol. The molecule has 0 radical (unpaired) electrons. The van der Waals surface area contributed by atoms with Gasteiger partial charge in [-0.25, -0.2) is 9.97 Å². The van der Waals surface area contributed by atoms with Crippen molar-refractivity contribution < 1.29 is 18.3 Å². The third-order valence-corrected chi connectivity index (χ3v) is 18.7. The van der Waals surface area contributed by atoms with Crippen LogP contribution in [0.2, 0.25) is 36.3 Å². The van der Waals surface area contributed by atoms with E-state index in [0.29, 0.717) is 18.0 Å². The standard InChI is InChI=1S/C29H52N4O4Si2/c1-20-32-25-26(33(20)24-14-12-13-15-34-24)30-19-31-27(25)36-22-16-21(18-35-38(8,9)28(2,3)4)23(17-22)37-39(10,11)29(5,6)7/h19,21-24H,12-18H2,1-11H3/t21-,22+,23-,24?/m0/s1. The van der Waals surface area contributed by atoms with Crippen LogP contribution in [0.25, 0.3) is 11.2 Å². The number of aryl methyl sites for hydroxylation is 1. The molecule has 0 bridgehead atoms. The van der Waals surface area contributed by atoms with Gasteiger partial charge >= 0.3 is 0 Å². The normalized spacial score (nSPS) is 25.4. The van der Waals surface area contributed by atoms with Crippen LogP contribution >= 0.6 is 0 Å². The second-order valence-electron chi connectivity index (χ2n) is 14.7. The first-order valence-electron chi connectivity index (χ1n) is 14.8. The van der Waals surface area contributed by atoms with Crippen molar-refractivity contribution in [2.24, 2.45) is 5.92 Å². The van der Waals surface area contributed by atoms with Gasteiger partial charge in [0.2, 0.25) is 5.88 Å². The lowest BCUT2D eigenvalue weighted by Crippen LogP contribution is -2.46. The van der Waals surface area contributed by atoms with Crippen LogP contribution in [0.15, 0.2) is 6.33 Å². The lowest BCUT2D eigenvalue weighted by atomic mass is 10.1. The molecule has 0 amide bonds. The van der Waals surface area contributed by atoms with Crippen LogP contribution in [-0.2, 0) is 13.6 Å². The molecule has 0 spiro atoms. The van der Waals surface area contributed by atoms with Gasteiger partial charge < -0.3 is 18.3 Å². The molecule has 2 aliphatic rings. The highest BCUT2D eigenvalue weighted by molar-refractivity contribution is 6.74. The van der Waals surface area contributed by atoms with Crippen molar-refractivity contribution >= 4 is 27.8 Å². The highest BCUT2D eigenvalue weighted by Gasteiger charge is 2.46. The first-order valence-corrected chi connectivity index (χ1v) is 20.6. The molecule has 4 atom stereocenters. The number of aromatic nitrogens is 4. The Morgan fingerprint density at radius 1 is 0.974 bits per heavy atom. The first-order chi connectivity index (χ1) is 18.0. The van der Waals surface area contributed by atoms with Crippen LogP contribution in [0, 0.1) is 12.8 Å². The molecule has 10 heteroatoms. The van der Waals surface area contributed by atoms with Gasteiger partial charge in [-0.05, 0) is 68.9 Å². The van der Waals surface area contributed by atoms with Crippen molar-refractivity contribution in [2.45, 2.75) is 135 Å². The van der Waals surface area contributed by atoms with Crippen molar-refractivity contribution in [1.82, 2.24) is 19.5 Å². The Hall–Kier alpha value is -1.34. The van der Waals surface area contributed by atoms with E-state index in [1.165, 1.54) is 0 Å². The number of hydrogen-bond donors (Lipinski definition) is 0. The summed E-state index contributed by atoms with van der Waals surface area (Å²) in [5.41, 5.74) is 1.50. The highest BCUT2D eigenvalue weighted by atomic mass is 28.4. The smallest absolute Gasteiger partial charge is 0.245 e. The van der Waals surface area contributed by atoms with E-state index in [4.69, 9.17) is 23.3 Å². The van der Waals surface area contributed by atoms with Crippen molar-refractivity contribution in [3.8, 4) is 5.88 Å². The summed E-state index contributed by atoms with van der Waals surface area (Å²) in [6.07, 6.45) is 6.58. The second kappa shape index (κ2) is 11.2. The van der Waals surface area contributed by atoms with Gasteiger partial charge in [0.25, 0.3) is 0 Å². The summed E-state index contributed by atoms with van der Waals surface area (Å²) in [7, 11) is -3.85. The predicted molar refractivity (Wildman–Crippen MR) is 161 cm³/mol. The fourth-order valence-electron chi connectivity index (χ4n) is 5.05. The molecule has 2 aromatic heterocycles. The average Bonchev–Trinajstić information content (AvgIpc) is 3.36. The first kappa shape index (κ1) is 30.6. The summed E-state index contributed by atoms with van der Waals surface area (Å²) in [5, 5.41) is 0.309. The number of fused-ring (bicyclic) bond motifs is 1. The third-order valence-electron chi connectivity index (χ3n) is 9.65. The zero-order chi connectivity index (χ0) is 28.8. The Kier molecular flexibility index (Phi) is 8.76. The second-order valence-corrected chi connectivity index (χ2v) is 24.2. The largest absolute Gasteiger partial charge is 0.473 e. The zero-order valence-electron chi connectivity index (χ0n) is 26.3. The van der Waals surface area contributed by atoms with Crippen LogP contribution in [0.1, 0.15) is 85.7 Å². The van der Waals surface area contributed by atoms with E-state index in [-0.39, 0.29) is 34.4 Å². The molecule has 1 saturated heterocycles. The lowest BCUT2D eigenvalue weighted by Gasteiger charge is -2.41. The Morgan fingerprint density at radius 3 is 2.28 bits per heavy atom. The summed E-state index contributed by atoms with van der Waals surface area (Å²) in [4.78, 5) is 14.0. The zero-order valence-corrected chi connectivity index (χ0v) is 28.3. The van der Waals surface area contributed by atoms with Crippen molar-refractivity contribution in [2.75, 3.05) is 13.2 Å². The highest BCUT2D eigenvalue weighted by Crippen LogP contribution is 2.43. The molecule has 0 aromatic carbocycles. The van der Waals surface area contributed by atoms with Crippen molar-refractivity contribution in [3.05, 3.63) is 12.2 Å². The van der Waals surface area contributed by atoms with Gasteiger partial charge in [-0.3, -0.25) is 4.57 Å². The van der Waals surface area contributed by atoms with E-state index < -0.39 is 16.6 Å². The fraction of sp³-hybridized carbons (Fsp3) is 0.828. The van der Waals surface area contributed by atoms with E-state index in [1.54, 1.807) is 6.33 Å². The van der Waals surface area contributed by atoms with Gasteiger partial charge in [0.15, 0.2) is 27.8 Å². The molecule has 0 N–H and O–H groups in total. The third kappa shape index (κ3) is 6.61. The monoisotopic (exact) mass is 576 g/mol. The topological polar surface area (TPSA) is 80.5 Å². The molecule has 2 aromatic rings. The summed E-state index contributed by atoms with van der Waals surface area (Å²) in [6.45, 7) is 26.6. The number of nitrogens with zero attached hydrogens (tertiary/aromatic N) is 4. The summed E-state index contributed by atoms with van der Waals surface area (Å²) >= 11 is 0. The van der Waals surface area contributed by atoms with Gasteiger partial charge in [0.1, 0.15) is 24.5 Å². The molecule has 1 saturated carbocycles. The van der Waals surface area contributed by atoms with Gasteiger partial charge in [0.05, 0.1) is 6.10 Å². The van der Waals surface area contributed by atoms with Crippen LogP contribution in [-0.4, -0.2) is 61.6 Å². The maximum Gasteiger partial charge on any atom is 0.245 e. The van der Waals surface area contributed by atoms with Gasteiger partial charge in [-0.15, -0.1) is 0 Å². The lowest BCUT2D eigenvalue weighted by molar-refractivity contribution is -0.0309. The summed E-state index contributed by atoms with van der Waals surface area (Å²) in [5.74, 6) is 1.72. The maximum atomic E-state index is 7.01. The van der Waals surface area contributed by atoms with Gasteiger partial charge in [0, 0.05) is 25.6 Å². The quantitative estimate of drug-likeness (QED) is 0.303. The van der Waals surface area contributed by atoms with Crippen LogP contribution in [0.5, 0.6) is 5.88 Å². The van der Waals surface area contributed by atoms with Crippen LogP contribution < -0.4 is 4.74 Å². The minimum atomic E-state index is -1.97. The molecule has 1 aliphatic carbocycles. The Labute approximate surface area is 237 Å². The molecule has 8 nitrogen and oxygen atoms in total. The Bertz CT molecular complexity index is 1130. The predicted octanol–water partition coefficient (Wildman–Crippen LogP) is 7.40. The molecule has 1 unspecified atom stereocenters. The maximum absolute atomic E-state index is 7.01. The number of hydrogen-bond acceptors (Lipinski definition) is 7. The van der Waals surface area contributed by atoms with Crippen molar-refractivity contribution in [3.63, 3.8) is 0 Å². The van der Waals surface area contributed by atoms with E-state index in [9.17, 15) is 0 Å². The van der Waals surface area contributed by atoms with Gasteiger partial charge in [-0.2, -0.15) is 4.98 Å². The molecule has 2 fully saturated rings.